The first-order valence-electron chi connectivity index (χ1n) is 6.70. The Morgan fingerprint density at radius 1 is 1.29 bits per heavy atom. The zero-order valence-corrected chi connectivity index (χ0v) is 12.6. The van der Waals surface area contributed by atoms with Crippen LogP contribution in [0.3, 0.4) is 0 Å². The molecule has 0 aliphatic carbocycles. The third-order valence-electron chi connectivity index (χ3n) is 2.66. The van der Waals surface area contributed by atoms with Crippen molar-refractivity contribution in [3.8, 4) is 0 Å². The molecule has 6 nitrogen and oxygen atoms in total. The number of aliphatic hydroxyl groups is 1. The molecular formula is C15H22N2O4. The maximum Gasteiger partial charge on any atom is 0.407 e. The minimum Gasteiger partial charge on any atom is -0.444 e. The zero-order valence-electron chi connectivity index (χ0n) is 12.6. The van der Waals surface area contributed by atoms with Gasteiger partial charge >= 0.3 is 6.09 Å². The molecule has 116 valence electrons. The first-order chi connectivity index (χ1) is 9.71. The quantitative estimate of drug-likeness (QED) is 0.759. The van der Waals surface area contributed by atoms with E-state index in [2.05, 4.69) is 5.32 Å². The van der Waals surface area contributed by atoms with Gasteiger partial charge < -0.3 is 20.9 Å². The summed E-state index contributed by atoms with van der Waals surface area (Å²) in [6.07, 6.45) is -0.148. The number of hydrogen-bond acceptors (Lipinski definition) is 4. The lowest BCUT2D eigenvalue weighted by Crippen LogP contribution is -2.42. The Kier molecular flexibility index (Phi) is 5.72. The van der Waals surface area contributed by atoms with Gasteiger partial charge in [0.05, 0.1) is 12.6 Å². The molecule has 21 heavy (non-hydrogen) atoms. The van der Waals surface area contributed by atoms with Gasteiger partial charge in [-0.15, -0.1) is 0 Å². The van der Waals surface area contributed by atoms with Crippen molar-refractivity contribution >= 4 is 12.0 Å². The first kappa shape index (κ1) is 17.0. The number of amides is 2. The second kappa shape index (κ2) is 7.08. The van der Waals surface area contributed by atoms with E-state index in [-0.39, 0.29) is 6.61 Å². The number of ether oxygens (including phenoxy) is 1. The predicted octanol–water partition coefficient (Wildman–Crippen LogP) is 1.21. The van der Waals surface area contributed by atoms with Gasteiger partial charge in [-0.1, -0.05) is 12.1 Å². The Morgan fingerprint density at radius 3 is 2.29 bits per heavy atom. The highest BCUT2D eigenvalue weighted by atomic mass is 16.6. The van der Waals surface area contributed by atoms with E-state index in [4.69, 9.17) is 10.5 Å². The van der Waals surface area contributed by atoms with Gasteiger partial charge in [0.2, 0.25) is 5.91 Å². The molecule has 0 spiro atoms. The summed E-state index contributed by atoms with van der Waals surface area (Å²) >= 11 is 0. The second-order valence-electron chi connectivity index (χ2n) is 5.79. The van der Waals surface area contributed by atoms with Crippen molar-refractivity contribution in [1.82, 2.24) is 5.32 Å². The molecule has 0 aliphatic rings. The topological polar surface area (TPSA) is 102 Å². The summed E-state index contributed by atoms with van der Waals surface area (Å²) in [5.41, 5.74) is 5.86. The monoisotopic (exact) mass is 294 g/mol. The number of benzene rings is 1. The normalized spacial score (nSPS) is 12.6. The fourth-order valence-electron chi connectivity index (χ4n) is 1.73. The van der Waals surface area contributed by atoms with E-state index in [0.717, 1.165) is 5.56 Å². The minimum atomic E-state index is -0.590. The summed E-state index contributed by atoms with van der Waals surface area (Å²) in [5.74, 6) is -0.493. The number of rotatable bonds is 5. The van der Waals surface area contributed by atoms with E-state index >= 15 is 0 Å². The molecule has 0 fully saturated rings. The van der Waals surface area contributed by atoms with E-state index in [9.17, 15) is 14.7 Å². The van der Waals surface area contributed by atoms with Crippen LogP contribution in [0.5, 0.6) is 0 Å². The summed E-state index contributed by atoms with van der Waals surface area (Å²) in [4.78, 5) is 22.6. The fraction of sp³-hybridized carbons (Fsp3) is 0.467. The summed E-state index contributed by atoms with van der Waals surface area (Å²) < 4.78 is 5.14. The first-order valence-corrected chi connectivity index (χ1v) is 6.70. The van der Waals surface area contributed by atoms with Gasteiger partial charge in [0.1, 0.15) is 5.60 Å². The average Bonchev–Trinajstić information content (AvgIpc) is 2.36. The Hall–Kier alpha value is -2.08. The summed E-state index contributed by atoms with van der Waals surface area (Å²) in [7, 11) is 0. The van der Waals surface area contributed by atoms with E-state index in [1.807, 2.05) is 0 Å². The number of alkyl carbamates (subject to hydrolysis) is 1. The Balaban J connectivity index is 2.61. The van der Waals surface area contributed by atoms with Crippen LogP contribution in [0.4, 0.5) is 4.79 Å². The van der Waals surface area contributed by atoms with Gasteiger partial charge in [0.15, 0.2) is 0 Å². The molecule has 0 saturated heterocycles. The van der Waals surface area contributed by atoms with Gasteiger partial charge in [-0.2, -0.15) is 0 Å². The maximum atomic E-state index is 11.7. The van der Waals surface area contributed by atoms with E-state index < -0.39 is 23.6 Å². The van der Waals surface area contributed by atoms with Gasteiger partial charge in [-0.05, 0) is 44.9 Å². The molecule has 2 amide bonds. The molecule has 1 rings (SSSR count). The van der Waals surface area contributed by atoms with Gasteiger partial charge in [0.25, 0.3) is 0 Å². The van der Waals surface area contributed by atoms with Crippen molar-refractivity contribution in [2.24, 2.45) is 5.73 Å². The molecule has 0 radical (unpaired) electrons. The van der Waals surface area contributed by atoms with Crippen molar-refractivity contribution < 1.29 is 19.4 Å². The minimum absolute atomic E-state index is 0.211. The van der Waals surface area contributed by atoms with Crippen LogP contribution in [0.15, 0.2) is 24.3 Å². The van der Waals surface area contributed by atoms with Crippen LogP contribution < -0.4 is 11.1 Å². The maximum absolute atomic E-state index is 11.7. The van der Waals surface area contributed by atoms with Gasteiger partial charge in [-0.3, -0.25) is 4.79 Å². The predicted molar refractivity (Wildman–Crippen MR) is 78.9 cm³/mol. The molecule has 0 bridgehead atoms. The van der Waals surface area contributed by atoms with Crippen molar-refractivity contribution in [1.29, 1.82) is 0 Å². The highest BCUT2D eigenvalue weighted by molar-refractivity contribution is 5.92. The van der Waals surface area contributed by atoms with Crippen molar-refractivity contribution in [3.05, 3.63) is 35.4 Å². The number of hydrogen-bond donors (Lipinski definition) is 3. The van der Waals surface area contributed by atoms with E-state index in [1.54, 1.807) is 45.0 Å². The van der Waals surface area contributed by atoms with Crippen LogP contribution in [-0.2, 0) is 11.2 Å². The SMILES string of the molecule is CC(C)(C)OC(=O)N[C@@H](CO)Cc1ccc(C(N)=O)cc1. The molecular weight excluding hydrogens is 272 g/mol. The van der Waals surface area contributed by atoms with Crippen molar-refractivity contribution in [2.75, 3.05) is 6.61 Å². The third-order valence-corrected chi connectivity index (χ3v) is 2.66. The molecule has 1 aromatic rings. The van der Waals surface area contributed by atoms with Crippen LogP contribution >= 0.6 is 0 Å². The number of aliphatic hydroxyl groups excluding tert-OH is 1. The number of primary amides is 1. The molecule has 0 aromatic heterocycles. The number of carbonyl (C=O) groups is 2. The summed E-state index contributed by atoms with van der Waals surface area (Å²) in [6, 6.07) is 6.23. The Bertz CT molecular complexity index is 491. The van der Waals surface area contributed by atoms with Crippen LogP contribution in [0.25, 0.3) is 0 Å². The zero-order chi connectivity index (χ0) is 16.0. The van der Waals surface area contributed by atoms with E-state index in [1.165, 1.54) is 0 Å². The Labute approximate surface area is 124 Å². The number of carbonyl (C=O) groups excluding carboxylic acids is 2. The number of nitrogens with one attached hydrogen (secondary N) is 1. The smallest absolute Gasteiger partial charge is 0.407 e. The second-order valence-corrected chi connectivity index (χ2v) is 5.79. The van der Waals surface area contributed by atoms with E-state index in [0.29, 0.717) is 12.0 Å². The fourth-order valence-corrected chi connectivity index (χ4v) is 1.73. The Morgan fingerprint density at radius 2 is 1.86 bits per heavy atom. The van der Waals surface area contributed by atoms with Gasteiger partial charge in [-0.25, -0.2) is 4.79 Å². The lowest BCUT2D eigenvalue weighted by molar-refractivity contribution is 0.0482. The largest absolute Gasteiger partial charge is 0.444 e. The molecule has 0 aliphatic heterocycles. The standard InChI is InChI=1S/C15H22N2O4/c1-15(2,3)21-14(20)17-12(9-18)8-10-4-6-11(7-5-10)13(16)19/h4-7,12,18H,8-9H2,1-3H3,(H2,16,19)(H,17,20)/t12-/m1/s1. The summed E-state index contributed by atoms with van der Waals surface area (Å²) in [5, 5.41) is 11.9. The van der Waals surface area contributed by atoms with Crippen LogP contribution in [0.1, 0.15) is 36.7 Å². The molecule has 0 saturated carbocycles. The molecule has 0 heterocycles. The van der Waals surface area contributed by atoms with Gasteiger partial charge in [0, 0.05) is 5.56 Å². The third kappa shape index (κ3) is 6.27. The molecule has 4 N–H and O–H groups in total. The van der Waals surface area contributed by atoms with Crippen molar-refractivity contribution in [2.45, 2.75) is 38.8 Å². The molecule has 0 unspecified atom stereocenters. The summed E-state index contributed by atoms with van der Waals surface area (Å²) in [6.45, 7) is 5.09. The molecule has 1 aromatic carbocycles. The highest BCUT2D eigenvalue weighted by Gasteiger charge is 2.19. The lowest BCUT2D eigenvalue weighted by atomic mass is 10.0. The molecule has 6 heteroatoms. The highest BCUT2D eigenvalue weighted by Crippen LogP contribution is 2.09. The molecule has 1 atom stereocenters. The lowest BCUT2D eigenvalue weighted by Gasteiger charge is -2.22. The van der Waals surface area contributed by atoms with Crippen molar-refractivity contribution in [3.63, 3.8) is 0 Å². The van der Waals surface area contributed by atoms with Crippen LogP contribution in [0, 0.1) is 0 Å². The van der Waals surface area contributed by atoms with Crippen LogP contribution in [-0.4, -0.2) is 35.4 Å². The van der Waals surface area contributed by atoms with Crippen LogP contribution in [0.2, 0.25) is 0 Å². The average molecular weight is 294 g/mol. The number of nitrogens with two attached hydrogens (primary N) is 1.